The molecule has 6 heteroatoms. The molecular weight excluding hydrogens is 320 g/mol. The van der Waals surface area contributed by atoms with Gasteiger partial charge in [0, 0.05) is 0 Å². The number of carbonyl (C=O) groups is 2. The molecule has 25 heavy (non-hydrogen) atoms. The Morgan fingerprint density at radius 2 is 1.88 bits per heavy atom. The molecule has 0 atom stereocenters. The lowest BCUT2D eigenvalue weighted by atomic mass is 10.1. The van der Waals surface area contributed by atoms with E-state index in [9.17, 15) is 9.59 Å². The van der Waals surface area contributed by atoms with Crippen LogP contribution >= 0.6 is 0 Å². The average molecular weight is 338 g/mol. The highest BCUT2D eigenvalue weighted by Crippen LogP contribution is 2.28. The van der Waals surface area contributed by atoms with Crippen molar-refractivity contribution in [1.82, 2.24) is 0 Å². The molecule has 2 rings (SSSR count). The van der Waals surface area contributed by atoms with Gasteiger partial charge < -0.3 is 15.2 Å². The van der Waals surface area contributed by atoms with Crippen molar-refractivity contribution in [2.45, 2.75) is 13.3 Å². The van der Waals surface area contributed by atoms with Crippen molar-refractivity contribution in [3.05, 3.63) is 64.5 Å². The Balaban J connectivity index is 2.10. The van der Waals surface area contributed by atoms with E-state index in [0.717, 1.165) is 11.1 Å². The summed E-state index contributed by atoms with van der Waals surface area (Å²) in [5.41, 5.74) is 7.70. The first-order valence-electron chi connectivity index (χ1n) is 7.65. The summed E-state index contributed by atoms with van der Waals surface area (Å²) in [6.07, 6.45) is 1.15. The molecule has 1 amide bonds. The molecule has 0 saturated heterocycles. The number of para-hydroxylation sites is 1. The monoisotopic (exact) mass is 338 g/mol. The second-order valence-electron chi connectivity index (χ2n) is 5.33. The van der Waals surface area contributed by atoms with Crippen molar-refractivity contribution in [2.75, 3.05) is 13.2 Å². The highest BCUT2D eigenvalue weighted by atomic mass is 16.5. The normalized spacial score (nSPS) is 9.92. The topological polar surface area (TPSA) is 83.0 Å². The molecule has 2 aromatic rings. The van der Waals surface area contributed by atoms with Crippen LogP contribution < -0.4 is 15.2 Å². The molecule has 0 aliphatic carbocycles. The molecule has 2 N–H and O–H groups in total. The largest absolute Gasteiger partial charge is 0.492 e. The predicted molar refractivity (Wildman–Crippen MR) is 93.2 cm³/mol. The van der Waals surface area contributed by atoms with Crippen LogP contribution in [0.4, 0.5) is 5.69 Å². The van der Waals surface area contributed by atoms with E-state index in [4.69, 9.17) is 21.8 Å². The SMILES string of the molecule is [C-]#[N+]c1c(C)cccc1CCOc1cccc(OCC(N)=O)c1C=O. The molecule has 0 aliphatic heterocycles. The van der Waals surface area contributed by atoms with E-state index in [0.29, 0.717) is 30.8 Å². The van der Waals surface area contributed by atoms with Gasteiger partial charge >= 0.3 is 0 Å². The second kappa shape index (κ2) is 8.50. The van der Waals surface area contributed by atoms with Crippen LogP contribution in [-0.2, 0) is 11.2 Å². The van der Waals surface area contributed by atoms with Gasteiger partial charge in [0.25, 0.3) is 5.91 Å². The molecule has 2 aromatic carbocycles. The summed E-state index contributed by atoms with van der Waals surface area (Å²) in [5.74, 6) is -0.0352. The van der Waals surface area contributed by atoms with Gasteiger partial charge in [0.2, 0.25) is 0 Å². The quantitative estimate of drug-likeness (QED) is 0.592. The van der Waals surface area contributed by atoms with Crippen molar-refractivity contribution < 1.29 is 19.1 Å². The number of benzene rings is 2. The number of aldehydes is 1. The molecule has 0 unspecified atom stereocenters. The smallest absolute Gasteiger partial charge is 0.255 e. The number of ether oxygens (including phenoxy) is 2. The minimum Gasteiger partial charge on any atom is -0.492 e. The molecule has 6 nitrogen and oxygen atoms in total. The van der Waals surface area contributed by atoms with Gasteiger partial charge in [-0.3, -0.25) is 9.59 Å². The van der Waals surface area contributed by atoms with Gasteiger partial charge in [0.1, 0.15) is 11.5 Å². The van der Waals surface area contributed by atoms with Crippen LogP contribution in [-0.4, -0.2) is 25.4 Å². The fourth-order valence-electron chi connectivity index (χ4n) is 2.39. The standard InChI is InChI=1S/C19H18N2O4/c1-13-5-3-6-14(19(13)21-2)9-10-24-16-7-4-8-17(15(16)11-22)25-12-18(20)23/h3-8,11H,9-10,12H2,1H3,(H2,20,23). The highest BCUT2D eigenvalue weighted by Gasteiger charge is 2.12. The van der Waals surface area contributed by atoms with Crippen molar-refractivity contribution >= 4 is 17.9 Å². The summed E-state index contributed by atoms with van der Waals surface area (Å²) in [5, 5.41) is 0. The summed E-state index contributed by atoms with van der Waals surface area (Å²) in [6.45, 7) is 9.15. The number of aryl methyl sites for hydroxylation is 1. The Kier molecular flexibility index (Phi) is 6.13. The van der Waals surface area contributed by atoms with Gasteiger partial charge in [-0.2, -0.15) is 0 Å². The zero-order valence-electron chi connectivity index (χ0n) is 13.8. The van der Waals surface area contributed by atoms with E-state index in [1.807, 2.05) is 25.1 Å². The highest BCUT2D eigenvalue weighted by molar-refractivity contribution is 5.84. The van der Waals surface area contributed by atoms with Crippen molar-refractivity contribution in [3.63, 3.8) is 0 Å². The van der Waals surface area contributed by atoms with Gasteiger partial charge in [-0.05, 0) is 36.6 Å². The van der Waals surface area contributed by atoms with Gasteiger partial charge in [-0.1, -0.05) is 24.3 Å². The minimum atomic E-state index is -0.630. The van der Waals surface area contributed by atoms with Gasteiger partial charge in [0.05, 0.1) is 18.7 Å². The number of primary amides is 1. The van der Waals surface area contributed by atoms with E-state index < -0.39 is 5.91 Å². The van der Waals surface area contributed by atoms with Crippen molar-refractivity contribution in [1.29, 1.82) is 0 Å². The number of hydrogen-bond acceptors (Lipinski definition) is 4. The van der Waals surface area contributed by atoms with Crippen LogP contribution in [0.1, 0.15) is 21.5 Å². The Bertz CT molecular complexity index is 825. The maximum Gasteiger partial charge on any atom is 0.255 e. The van der Waals surface area contributed by atoms with Crippen molar-refractivity contribution in [2.24, 2.45) is 5.73 Å². The van der Waals surface area contributed by atoms with Crippen LogP contribution in [0.2, 0.25) is 0 Å². The summed E-state index contributed by atoms with van der Waals surface area (Å²) in [4.78, 5) is 25.7. The lowest BCUT2D eigenvalue weighted by molar-refractivity contribution is -0.119. The van der Waals surface area contributed by atoms with E-state index in [1.165, 1.54) is 0 Å². The first-order chi connectivity index (χ1) is 12.1. The molecule has 0 saturated carbocycles. The van der Waals surface area contributed by atoms with E-state index in [-0.39, 0.29) is 17.9 Å². The fraction of sp³-hybridized carbons (Fsp3) is 0.211. The third kappa shape index (κ3) is 4.58. The zero-order valence-corrected chi connectivity index (χ0v) is 13.8. The zero-order chi connectivity index (χ0) is 18.2. The maximum absolute atomic E-state index is 11.4. The third-order valence-electron chi connectivity index (χ3n) is 3.58. The Morgan fingerprint density at radius 3 is 2.52 bits per heavy atom. The molecular formula is C19H18N2O4. The number of nitrogens with zero attached hydrogens (tertiary/aromatic N) is 1. The number of hydrogen-bond donors (Lipinski definition) is 1. The Hall–Kier alpha value is -3.33. The molecule has 0 spiro atoms. The molecule has 0 bridgehead atoms. The van der Waals surface area contributed by atoms with Gasteiger partial charge in [-0.15, -0.1) is 0 Å². The predicted octanol–water partition coefficient (Wildman–Crippen LogP) is 2.84. The van der Waals surface area contributed by atoms with Crippen LogP contribution in [0, 0.1) is 13.5 Å². The minimum absolute atomic E-state index is 0.221. The first-order valence-corrected chi connectivity index (χ1v) is 7.65. The summed E-state index contributed by atoms with van der Waals surface area (Å²) in [6, 6.07) is 10.5. The summed E-state index contributed by atoms with van der Waals surface area (Å²) < 4.78 is 10.9. The molecule has 0 heterocycles. The lowest BCUT2D eigenvalue weighted by Crippen LogP contribution is -2.20. The van der Waals surface area contributed by atoms with E-state index in [2.05, 4.69) is 4.85 Å². The van der Waals surface area contributed by atoms with Crippen LogP contribution in [0.25, 0.3) is 4.85 Å². The number of nitrogens with two attached hydrogens (primary N) is 1. The lowest BCUT2D eigenvalue weighted by Gasteiger charge is -2.13. The number of amides is 1. The van der Waals surface area contributed by atoms with Crippen LogP contribution in [0.15, 0.2) is 36.4 Å². The summed E-state index contributed by atoms with van der Waals surface area (Å²) in [7, 11) is 0. The molecule has 0 aliphatic rings. The summed E-state index contributed by atoms with van der Waals surface area (Å²) >= 11 is 0. The fourth-order valence-corrected chi connectivity index (χ4v) is 2.39. The third-order valence-corrected chi connectivity index (χ3v) is 3.58. The Labute approximate surface area is 146 Å². The van der Waals surface area contributed by atoms with Gasteiger partial charge in [0.15, 0.2) is 18.6 Å². The molecule has 0 radical (unpaired) electrons. The number of rotatable bonds is 8. The molecule has 0 aromatic heterocycles. The Morgan fingerprint density at radius 1 is 1.20 bits per heavy atom. The van der Waals surface area contributed by atoms with E-state index in [1.54, 1.807) is 18.2 Å². The maximum atomic E-state index is 11.4. The van der Waals surface area contributed by atoms with E-state index >= 15 is 0 Å². The molecule has 0 fully saturated rings. The number of carbonyl (C=O) groups excluding carboxylic acids is 2. The van der Waals surface area contributed by atoms with Crippen LogP contribution in [0.3, 0.4) is 0 Å². The first kappa shape index (κ1) is 18.0. The van der Waals surface area contributed by atoms with Crippen LogP contribution in [0.5, 0.6) is 11.5 Å². The van der Waals surface area contributed by atoms with Gasteiger partial charge in [-0.25, -0.2) is 4.85 Å². The van der Waals surface area contributed by atoms with Crippen molar-refractivity contribution in [3.8, 4) is 11.5 Å². The average Bonchev–Trinajstić information content (AvgIpc) is 2.60. The molecule has 128 valence electrons. The second-order valence-corrected chi connectivity index (χ2v) is 5.33.